The van der Waals surface area contributed by atoms with E-state index >= 15 is 0 Å². The predicted molar refractivity (Wildman–Crippen MR) is 75.9 cm³/mol. The van der Waals surface area contributed by atoms with Crippen LogP contribution in [0.3, 0.4) is 0 Å². The Kier molecular flexibility index (Phi) is 5.05. The summed E-state index contributed by atoms with van der Waals surface area (Å²) in [6.45, 7) is 3.09. The first kappa shape index (κ1) is 14.2. The van der Waals surface area contributed by atoms with E-state index in [0.29, 0.717) is 23.9 Å². The van der Waals surface area contributed by atoms with Gasteiger partial charge >= 0.3 is 0 Å². The quantitative estimate of drug-likeness (QED) is 0.764. The molecule has 0 aliphatic carbocycles. The molecule has 102 valence electrons. The number of benzene rings is 1. The summed E-state index contributed by atoms with van der Waals surface area (Å²) >= 11 is 12.1. The van der Waals surface area contributed by atoms with E-state index in [9.17, 15) is 0 Å². The Hall–Kier alpha value is -1.26. The molecule has 1 heterocycles. The molecule has 1 aromatic carbocycles. The van der Waals surface area contributed by atoms with Gasteiger partial charge in [-0.25, -0.2) is 4.68 Å². The predicted octanol–water partition coefficient (Wildman–Crippen LogP) is 3.70. The number of ether oxygens (including phenoxy) is 1. The molecule has 1 atom stereocenters. The summed E-state index contributed by atoms with van der Waals surface area (Å²) in [5, 5.41) is 8.56. The summed E-state index contributed by atoms with van der Waals surface area (Å²) in [7, 11) is 0. The second-order valence-corrected chi connectivity index (χ2v) is 5.00. The largest absolute Gasteiger partial charge is 0.490 e. The Labute approximate surface area is 122 Å². The van der Waals surface area contributed by atoms with Crippen LogP contribution in [-0.2, 0) is 6.54 Å². The highest BCUT2D eigenvalue weighted by atomic mass is 35.5. The third kappa shape index (κ3) is 3.85. The van der Waals surface area contributed by atoms with Gasteiger partial charge in [-0.2, -0.15) is 0 Å². The van der Waals surface area contributed by atoms with Crippen molar-refractivity contribution in [2.45, 2.75) is 25.3 Å². The number of alkyl halides is 1. The summed E-state index contributed by atoms with van der Waals surface area (Å²) in [5.41, 5.74) is 0.793. The SMILES string of the molecule is CCC(Cl)c1cn(CCOc2ccccc2Cl)nn1. The minimum atomic E-state index is -0.0850. The lowest BCUT2D eigenvalue weighted by atomic mass is 10.3. The molecule has 1 aromatic heterocycles. The zero-order chi connectivity index (χ0) is 13.7. The van der Waals surface area contributed by atoms with Crippen molar-refractivity contribution >= 4 is 23.2 Å². The third-order valence-corrected chi connectivity index (χ3v) is 3.49. The summed E-state index contributed by atoms with van der Waals surface area (Å²) in [6, 6.07) is 7.38. The normalized spacial score (nSPS) is 12.4. The minimum Gasteiger partial charge on any atom is -0.490 e. The molecule has 2 aromatic rings. The van der Waals surface area contributed by atoms with Gasteiger partial charge < -0.3 is 4.74 Å². The third-order valence-electron chi connectivity index (χ3n) is 2.65. The van der Waals surface area contributed by atoms with Gasteiger partial charge in [0.25, 0.3) is 0 Å². The van der Waals surface area contributed by atoms with E-state index in [0.717, 1.165) is 12.1 Å². The standard InChI is InChI=1S/C13H15Cl2N3O/c1-2-10(14)12-9-18(17-16-12)7-8-19-13-6-4-3-5-11(13)15/h3-6,9-10H,2,7-8H2,1H3. The van der Waals surface area contributed by atoms with Crippen LogP contribution < -0.4 is 4.74 Å². The van der Waals surface area contributed by atoms with Crippen LogP contribution in [0.15, 0.2) is 30.5 Å². The van der Waals surface area contributed by atoms with E-state index < -0.39 is 0 Å². The van der Waals surface area contributed by atoms with Gasteiger partial charge in [-0.15, -0.1) is 16.7 Å². The fraction of sp³-hybridized carbons (Fsp3) is 0.385. The van der Waals surface area contributed by atoms with Crippen LogP contribution in [0.5, 0.6) is 5.75 Å². The van der Waals surface area contributed by atoms with Gasteiger partial charge in [0.15, 0.2) is 0 Å². The molecule has 0 spiro atoms. The molecule has 0 amide bonds. The van der Waals surface area contributed by atoms with Crippen molar-refractivity contribution < 1.29 is 4.74 Å². The smallest absolute Gasteiger partial charge is 0.137 e. The van der Waals surface area contributed by atoms with Crippen molar-refractivity contribution in [3.8, 4) is 5.75 Å². The summed E-state index contributed by atoms with van der Waals surface area (Å²) in [4.78, 5) is 0. The number of aromatic nitrogens is 3. The summed E-state index contributed by atoms with van der Waals surface area (Å²) in [6.07, 6.45) is 2.67. The molecule has 0 bridgehead atoms. The Morgan fingerprint density at radius 2 is 2.16 bits per heavy atom. The van der Waals surface area contributed by atoms with Gasteiger partial charge in [0.1, 0.15) is 18.1 Å². The second kappa shape index (κ2) is 6.78. The lowest BCUT2D eigenvalue weighted by Crippen LogP contribution is -2.08. The molecule has 0 aliphatic rings. The van der Waals surface area contributed by atoms with Gasteiger partial charge in [-0.1, -0.05) is 35.9 Å². The molecule has 0 aliphatic heterocycles. The molecule has 0 fully saturated rings. The van der Waals surface area contributed by atoms with Gasteiger partial charge in [0.2, 0.25) is 0 Å². The van der Waals surface area contributed by atoms with E-state index in [1.807, 2.05) is 31.3 Å². The van der Waals surface area contributed by atoms with E-state index in [4.69, 9.17) is 27.9 Å². The molecule has 2 rings (SSSR count). The zero-order valence-corrected chi connectivity index (χ0v) is 12.1. The monoisotopic (exact) mass is 299 g/mol. The fourth-order valence-electron chi connectivity index (χ4n) is 1.59. The molecule has 4 nitrogen and oxygen atoms in total. The molecular weight excluding hydrogens is 285 g/mol. The first-order chi connectivity index (χ1) is 9.20. The van der Waals surface area contributed by atoms with Crippen LogP contribution in [0.2, 0.25) is 5.02 Å². The van der Waals surface area contributed by atoms with Crippen molar-refractivity contribution in [2.24, 2.45) is 0 Å². The van der Waals surface area contributed by atoms with Gasteiger partial charge in [-0.05, 0) is 18.6 Å². The van der Waals surface area contributed by atoms with Crippen molar-refractivity contribution in [2.75, 3.05) is 6.61 Å². The van der Waals surface area contributed by atoms with Crippen LogP contribution in [0.1, 0.15) is 24.4 Å². The maximum Gasteiger partial charge on any atom is 0.137 e. The molecule has 6 heteroatoms. The Balaban J connectivity index is 1.86. The van der Waals surface area contributed by atoms with Crippen LogP contribution in [0, 0.1) is 0 Å². The lowest BCUT2D eigenvalue weighted by molar-refractivity contribution is 0.290. The van der Waals surface area contributed by atoms with E-state index in [1.54, 1.807) is 10.7 Å². The highest BCUT2D eigenvalue weighted by molar-refractivity contribution is 6.32. The second-order valence-electron chi connectivity index (χ2n) is 4.06. The van der Waals surface area contributed by atoms with E-state index in [2.05, 4.69) is 10.3 Å². The van der Waals surface area contributed by atoms with Crippen LogP contribution >= 0.6 is 23.2 Å². The van der Waals surface area contributed by atoms with E-state index in [1.165, 1.54) is 0 Å². The first-order valence-electron chi connectivity index (χ1n) is 6.12. The van der Waals surface area contributed by atoms with Crippen LogP contribution in [0.4, 0.5) is 0 Å². The topological polar surface area (TPSA) is 39.9 Å². The van der Waals surface area contributed by atoms with Gasteiger partial charge in [-0.3, -0.25) is 0 Å². The molecule has 19 heavy (non-hydrogen) atoms. The van der Waals surface area contributed by atoms with Crippen molar-refractivity contribution in [3.63, 3.8) is 0 Å². The maximum atomic E-state index is 6.09. The van der Waals surface area contributed by atoms with Crippen molar-refractivity contribution in [3.05, 3.63) is 41.2 Å². The minimum absolute atomic E-state index is 0.0850. The molecule has 0 saturated heterocycles. The fourth-order valence-corrected chi connectivity index (χ4v) is 1.88. The molecule has 0 saturated carbocycles. The Bertz CT molecular complexity index is 530. The Morgan fingerprint density at radius 1 is 1.37 bits per heavy atom. The van der Waals surface area contributed by atoms with Crippen molar-refractivity contribution in [1.82, 2.24) is 15.0 Å². The van der Waals surface area contributed by atoms with Crippen LogP contribution in [0.25, 0.3) is 0 Å². The maximum absolute atomic E-state index is 6.09. The number of hydrogen-bond donors (Lipinski definition) is 0. The number of halogens is 2. The summed E-state index contributed by atoms with van der Waals surface area (Å²) in [5.74, 6) is 0.674. The van der Waals surface area contributed by atoms with Crippen LogP contribution in [-0.4, -0.2) is 21.6 Å². The molecule has 1 unspecified atom stereocenters. The zero-order valence-electron chi connectivity index (χ0n) is 10.6. The van der Waals surface area contributed by atoms with E-state index in [-0.39, 0.29) is 5.38 Å². The lowest BCUT2D eigenvalue weighted by Gasteiger charge is -2.07. The highest BCUT2D eigenvalue weighted by Crippen LogP contribution is 2.23. The highest BCUT2D eigenvalue weighted by Gasteiger charge is 2.09. The number of para-hydroxylation sites is 1. The first-order valence-corrected chi connectivity index (χ1v) is 6.93. The Morgan fingerprint density at radius 3 is 2.89 bits per heavy atom. The number of hydrogen-bond acceptors (Lipinski definition) is 3. The van der Waals surface area contributed by atoms with Gasteiger partial charge in [0.05, 0.1) is 23.1 Å². The number of nitrogens with zero attached hydrogens (tertiary/aromatic N) is 3. The molecular formula is C13H15Cl2N3O. The molecule has 0 radical (unpaired) electrons. The summed E-state index contributed by atoms with van der Waals surface area (Å²) < 4.78 is 7.30. The van der Waals surface area contributed by atoms with Crippen molar-refractivity contribution in [1.29, 1.82) is 0 Å². The average molecular weight is 300 g/mol. The molecule has 0 N–H and O–H groups in total. The number of rotatable bonds is 6. The van der Waals surface area contributed by atoms with Gasteiger partial charge in [0, 0.05) is 0 Å². The average Bonchev–Trinajstić information content (AvgIpc) is 2.89.